The molecule has 2 aliphatic rings. The second kappa shape index (κ2) is 0.924. The maximum absolute atomic E-state index is 8.31. The number of hydrogen-bond donors (Lipinski definition) is 0. The van der Waals surface area contributed by atoms with Crippen LogP contribution in [-0.4, -0.2) is 0 Å². The molecule has 0 saturated carbocycles. The van der Waals surface area contributed by atoms with Gasteiger partial charge in [0.1, 0.15) is 0 Å². The zero-order valence-electron chi connectivity index (χ0n) is 4.18. The summed E-state index contributed by atoms with van der Waals surface area (Å²) in [6.07, 6.45) is 0. The molecule has 0 unspecified atom stereocenters. The van der Waals surface area contributed by atoms with Crippen LogP contribution < -0.4 is 0 Å². The molecule has 2 aliphatic carbocycles. The van der Waals surface area contributed by atoms with Crippen molar-refractivity contribution in [3.05, 3.63) is 23.8 Å². The monoisotopic (exact) mass is 101 g/mol. The van der Waals surface area contributed by atoms with Crippen molar-refractivity contribution in [1.82, 2.24) is 0 Å². The smallest absolute Gasteiger partial charge is 0.0992 e. The highest BCUT2D eigenvalue weighted by atomic mass is 14.3. The third-order valence-electron chi connectivity index (χ3n) is 1.31. The molecule has 0 spiro atoms. The molecule has 0 bridgehead atoms. The Morgan fingerprint density at radius 2 is 1.75 bits per heavy atom. The average molecular weight is 101 g/mol. The van der Waals surface area contributed by atoms with Gasteiger partial charge in [-0.2, -0.15) is 5.26 Å². The van der Waals surface area contributed by atoms with Crippen LogP contribution in [0.4, 0.5) is 0 Å². The first-order valence-corrected chi connectivity index (χ1v) is 2.46. The second-order valence-corrected chi connectivity index (χ2v) is 1.91. The van der Waals surface area contributed by atoms with Crippen molar-refractivity contribution < 1.29 is 0 Å². The van der Waals surface area contributed by atoms with Crippen LogP contribution in [-0.2, 0) is 0 Å². The zero-order chi connectivity index (χ0) is 5.56. The van der Waals surface area contributed by atoms with Gasteiger partial charge in [0.05, 0.1) is 11.6 Å². The van der Waals surface area contributed by atoms with Crippen molar-refractivity contribution in [1.29, 1.82) is 5.26 Å². The topological polar surface area (TPSA) is 23.8 Å². The fraction of sp³-hybridized carbons (Fsp3) is 0. The van der Waals surface area contributed by atoms with Gasteiger partial charge in [0.25, 0.3) is 0 Å². The van der Waals surface area contributed by atoms with E-state index in [-0.39, 0.29) is 0 Å². The van der Waals surface area contributed by atoms with E-state index in [4.69, 9.17) is 5.26 Å². The molecule has 36 valence electrons. The first-order valence-electron chi connectivity index (χ1n) is 2.46. The molecule has 0 saturated heterocycles. The van der Waals surface area contributed by atoms with Gasteiger partial charge in [-0.3, -0.25) is 0 Å². The molecule has 0 aromatic rings. The molecule has 0 aromatic carbocycles. The highest BCUT2D eigenvalue weighted by Crippen LogP contribution is 2.35. The summed E-state index contributed by atoms with van der Waals surface area (Å²) in [5.41, 5.74) is 3.26. The molecule has 0 aliphatic heterocycles. The van der Waals surface area contributed by atoms with Crippen molar-refractivity contribution >= 4 is 0 Å². The van der Waals surface area contributed by atoms with Crippen molar-refractivity contribution in [2.75, 3.05) is 0 Å². The zero-order valence-corrected chi connectivity index (χ0v) is 4.18. The van der Waals surface area contributed by atoms with Crippen LogP contribution in [0.3, 0.4) is 0 Å². The minimum absolute atomic E-state index is 0.789. The summed E-state index contributed by atoms with van der Waals surface area (Å²) in [5.74, 6) is 0. The standard InChI is InChI=1S/C7H3N/c8-4-5-1-6-3-7(6)2-5/h1-3H. The molecule has 1 nitrogen and oxygen atoms in total. The number of nitrogens with zero attached hydrogens (tertiary/aromatic N) is 1. The Morgan fingerprint density at radius 3 is 2.12 bits per heavy atom. The summed E-state index contributed by atoms with van der Waals surface area (Å²) in [5, 5.41) is 8.31. The van der Waals surface area contributed by atoms with Gasteiger partial charge in [-0.25, -0.2) is 0 Å². The van der Waals surface area contributed by atoms with Crippen molar-refractivity contribution in [2.24, 2.45) is 0 Å². The Bertz CT molecular complexity index is 261. The molecular weight excluding hydrogens is 98.1 g/mol. The average Bonchev–Trinajstić information content (AvgIpc) is 2.40. The second-order valence-electron chi connectivity index (χ2n) is 1.91. The molecule has 2 rings (SSSR count). The van der Waals surface area contributed by atoms with Crippen LogP contribution in [0.2, 0.25) is 0 Å². The predicted molar refractivity (Wildman–Crippen MR) is 30.2 cm³/mol. The number of hydrogen-bond acceptors (Lipinski definition) is 1. The number of benzene rings is 1. The van der Waals surface area contributed by atoms with Crippen molar-refractivity contribution in [3.63, 3.8) is 0 Å². The van der Waals surface area contributed by atoms with Gasteiger partial charge >= 0.3 is 0 Å². The predicted octanol–water partition coefficient (Wildman–Crippen LogP) is 1.54. The van der Waals surface area contributed by atoms with E-state index in [1.807, 2.05) is 12.1 Å². The van der Waals surface area contributed by atoms with Gasteiger partial charge < -0.3 is 0 Å². The Morgan fingerprint density at radius 1 is 1.12 bits per heavy atom. The first-order chi connectivity index (χ1) is 3.90. The fourth-order valence-electron chi connectivity index (χ4n) is 0.823. The number of nitriles is 1. The maximum atomic E-state index is 8.31. The quantitative estimate of drug-likeness (QED) is 0.493. The summed E-state index contributed by atoms with van der Waals surface area (Å²) >= 11 is 0. The summed E-state index contributed by atoms with van der Waals surface area (Å²) in [7, 11) is 0. The molecule has 0 N–H and O–H groups in total. The lowest BCUT2D eigenvalue weighted by atomic mass is 10.4. The first kappa shape index (κ1) is 3.68. The Kier molecular flexibility index (Phi) is 0.425. The molecule has 0 atom stereocenters. The van der Waals surface area contributed by atoms with Gasteiger partial charge in [-0.15, -0.1) is 0 Å². The highest BCUT2D eigenvalue weighted by molar-refractivity contribution is 5.83. The molecule has 1 heteroatoms. The molecule has 0 amide bonds. The van der Waals surface area contributed by atoms with Crippen molar-refractivity contribution in [3.8, 4) is 17.2 Å². The summed E-state index contributed by atoms with van der Waals surface area (Å²) in [6, 6.07) is 7.92. The van der Waals surface area contributed by atoms with E-state index in [0.717, 1.165) is 5.56 Å². The third-order valence-corrected chi connectivity index (χ3v) is 1.31. The molecule has 0 heterocycles. The fourth-order valence-corrected chi connectivity index (χ4v) is 0.823. The Labute approximate surface area is 47.2 Å². The van der Waals surface area contributed by atoms with Gasteiger partial charge in [-0.1, -0.05) is 0 Å². The van der Waals surface area contributed by atoms with Crippen LogP contribution in [0.15, 0.2) is 18.2 Å². The summed E-state index contributed by atoms with van der Waals surface area (Å²) in [6.45, 7) is 0. The van der Waals surface area contributed by atoms with Gasteiger partial charge in [-0.05, 0) is 29.3 Å². The van der Waals surface area contributed by atoms with E-state index in [2.05, 4.69) is 12.1 Å². The van der Waals surface area contributed by atoms with Crippen LogP contribution in [0, 0.1) is 11.3 Å². The lowest BCUT2D eigenvalue weighted by Crippen LogP contribution is -1.56. The largest absolute Gasteiger partial charge is 0.192 e. The lowest BCUT2D eigenvalue weighted by molar-refractivity contribution is 1.51. The van der Waals surface area contributed by atoms with E-state index < -0.39 is 0 Å². The number of rotatable bonds is 0. The van der Waals surface area contributed by atoms with E-state index in [9.17, 15) is 0 Å². The van der Waals surface area contributed by atoms with E-state index in [1.165, 1.54) is 11.1 Å². The van der Waals surface area contributed by atoms with Crippen LogP contribution in [0.25, 0.3) is 11.1 Å². The SMILES string of the molecule is N#Cc1cc2cc-2c1. The minimum Gasteiger partial charge on any atom is -0.192 e. The molecule has 0 aromatic heterocycles. The molecular formula is C7H3N. The normalized spacial score (nSPS) is 10.4. The molecule has 0 fully saturated rings. The van der Waals surface area contributed by atoms with Crippen LogP contribution >= 0.6 is 0 Å². The summed E-state index contributed by atoms with van der Waals surface area (Å²) < 4.78 is 0. The Balaban J connectivity index is 2.63. The molecule has 8 heavy (non-hydrogen) atoms. The minimum atomic E-state index is 0.789. The van der Waals surface area contributed by atoms with E-state index >= 15 is 0 Å². The van der Waals surface area contributed by atoms with E-state index in [1.54, 1.807) is 0 Å². The van der Waals surface area contributed by atoms with Gasteiger partial charge in [0.15, 0.2) is 0 Å². The summed E-state index contributed by atoms with van der Waals surface area (Å²) in [4.78, 5) is 0. The third kappa shape index (κ3) is 0.300. The Hall–Kier alpha value is -1.29. The van der Waals surface area contributed by atoms with Gasteiger partial charge in [0, 0.05) is 0 Å². The van der Waals surface area contributed by atoms with E-state index in [0.29, 0.717) is 0 Å². The van der Waals surface area contributed by atoms with Gasteiger partial charge in [0.2, 0.25) is 0 Å². The molecule has 0 radical (unpaired) electrons. The maximum Gasteiger partial charge on any atom is 0.0992 e. The van der Waals surface area contributed by atoms with Crippen LogP contribution in [0.1, 0.15) is 5.56 Å². The highest BCUT2D eigenvalue weighted by Gasteiger charge is 2.12. The lowest BCUT2D eigenvalue weighted by Gasteiger charge is -1.66. The van der Waals surface area contributed by atoms with Crippen LogP contribution in [0.5, 0.6) is 0 Å². The number of fused-ring (bicyclic) bond motifs is 1. The van der Waals surface area contributed by atoms with Crippen molar-refractivity contribution in [2.45, 2.75) is 0 Å².